The first kappa shape index (κ1) is 8.07. The third-order valence-electron chi connectivity index (χ3n) is 2.87. The molecular weight excluding hydrogens is 150 g/mol. The van der Waals surface area contributed by atoms with Gasteiger partial charge >= 0.3 is 0 Å². The molecule has 2 saturated carbocycles. The van der Waals surface area contributed by atoms with Gasteiger partial charge in [0, 0.05) is 18.4 Å². The summed E-state index contributed by atoms with van der Waals surface area (Å²) in [5.74, 6) is 0.850. The van der Waals surface area contributed by atoms with E-state index in [0.717, 1.165) is 19.1 Å². The molecule has 0 heterocycles. The number of ether oxygens (including phenoxy) is 1. The van der Waals surface area contributed by atoms with Crippen LogP contribution in [-0.2, 0) is 4.74 Å². The third-order valence-corrected chi connectivity index (χ3v) is 2.87. The van der Waals surface area contributed by atoms with Crippen LogP contribution in [0.1, 0.15) is 32.1 Å². The molecule has 2 nitrogen and oxygen atoms in total. The van der Waals surface area contributed by atoms with Gasteiger partial charge in [-0.15, -0.1) is 0 Å². The van der Waals surface area contributed by atoms with Gasteiger partial charge in [0.25, 0.3) is 0 Å². The summed E-state index contributed by atoms with van der Waals surface area (Å²) in [6.45, 7) is 1.77. The Hall–Kier alpha value is -0.550. The summed E-state index contributed by atoms with van der Waals surface area (Å²) in [5.41, 5.74) is 0.281. The Morgan fingerprint density at radius 1 is 1.42 bits per heavy atom. The van der Waals surface area contributed by atoms with Gasteiger partial charge in [0.1, 0.15) is 0 Å². The zero-order valence-corrected chi connectivity index (χ0v) is 7.38. The van der Waals surface area contributed by atoms with E-state index in [1.807, 2.05) is 0 Å². The molecule has 12 heavy (non-hydrogen) atoms. The molecule has 2 aliphatic carbocycles. The van der Waals surface area contributed by atoms with Crippen LogP contribution in [0.2, 0.25) is 0 Å². The highest BCUT2D eigenvalue weighted by Gasteiger charge is 2.42. The van der Waals surface area contributed by atoms with Gasteiger partial charge in [-0.25, -0.2) is 0 Å². The van der Waals surface area contributed by atoms with Crippen molar-refractivity contribution in [2.45, 2.75) is 32.1 Å². The maximum Gasteiger partial charge on any atom is 0.0628 e. The Kier molecular flexibility index (Phi) is 2.06. The van der Waals surface area contributed by atoms with E-state index in [1.54, 1.807) is 0 Å². The van der Waals surface area contributed by atoms with Crippen molar-refractivity contribution in [3.63, 3.8) is 0 Å². The van der Waals surface area contributed by atoms with Gasteiger partial charge in [0.15, 0.2) is 0 Å². The minimum atomic E-state index is 0.281. The van der Waals surface area contributed by atoms with Crippen LogP contribution in [0, 0.1) is 22.7 Å². The van der Waals surface area contributed by atoms with Crippen LogP contribution in [0.4, 0.5) is 0 Å². The minimum Gasteiger partial charge on any atom is -0.381 e. The molecule has 2 fully saturated rings. The number of nitriles is 1. The Morgan fingerprint density at radius 3 is 2.67 bits per heavy atom. The van der Waals surface area contributed by atoms with E-state index in [1.165, 1.54) is 25.7 Å². The fraction of sp³-hybridized carbons (Fsp3) is 0.900. The normalized spacial score (nSPS) is 24.9. The average Bonchev–Trinajstić information content (AvgIpc) is 2.87. The molecule has 0 spiro atoms. The minimum absolute atomic E-state index is 0.281. The lowest BCUT2D eigenvalue weighted by molar-refractivity contribution is 0.0838. The van der Waals surface area contributed by atoms with E-state index < -0.39 is 0 Å². The summed E-state index contributed by atoms with van der Waals surface area (Å²) in [5, 5.41) is 8.56. The molecule has 2 aliphatic rings. The highest BCUT2D eigenvalue weighted by atomic mass is 16.5. The predicted molar refractivity (Wildman–Crippen MR) is 45.4 cm³/mol. The van der Waals surface area contributed by atoms with E-state index in [0.29, 0.717) is 6.42 Å². The Balaban J connectivity index is 1.61. The standard InChI is InChI=1S/C10H15NO/c11-6-5-10(3-4-10)8-12-7-9-1-2-9/h9H,1-5,7-8H2. The molecule has 0 unspecified atom stereocenters. The molecule has 0 N–H and O–H groups in total. The molecule has 0 atom stereocenters. The molecule has 2 heteroatoms. The molecule has 0 bridgehead atoms. The largest absolute Gasteiger partial charge is 0.381 e. The van der Waals surface area contributed by atoms with Crippen LogP contribution in [0.25, 0.3) is 0 Å². The van der Waals surface area contributed by atoms with Gasteiger partial charge in [-0.3, -0.25) is 0 Å². The van der Waals surface area contributed by atoms with Crippen molar-refractivity contribution in [1.82, 2.24) is 0 Å². The highest BCUT2D eigenvalue weighted by molar-refractivity contribution is 4.99. The smallest absolute Gasteiger partial charge is 0.0628 e. The molecule has 0 saturated heterocycles. The molecule has 66 valence electrons. The van der Waals surface area contributed by atoms with Gasteiger partial charge in [-0.1, -0.05) is 0 Å². The van der Waals surface area contributed by atoms with Crippen molar-refractivity contribution in [3.05, 3.63) is 0 Å². The topological polar surface area (TPSA) is 33.0 Å². The second-order valence-electron chi connectivity index (χ2n) is 4.29. The second kappa shape index (κ2) is 3.06. The lowest BCUT2D eigenvalue weighted by atomic mass is 10.1. The lowest BCUT2D eigenvalue weighted by Crippen LogP contribution is -2.11. The number of hydrogen-bond acceptors (Lipinski definition) is 2. The quantitative estimate of drug-likeness (QED) is 0.625. The van der Waals surface area contributed by atoms with Crippen LogP contribution in [0.3, 0.4) is 0 Å². The van der Waals surface area contributed by atoms with Gasteiger partial charge in [-0.05, 0) is 31.6 Å². The van der Waals surface area contributed by atoms with Gasteiger partial charge in [0.2, 0.25) is 0 Å². The molecule has 0 aromatic rings. The Bertz CT molecular complexity index is 198. The molecule has 2 rings (SSSR count). The van der Waals surface area contributed by atoms with E-state index in [2.05, 4.69) is 6.07 Å². The van der Waals surface area contributed by atoms with E-state index in [9.17, 15) is 0 Å². The van der Waals surface area contributed by atoms with E-state index in [-0.39, 0.29) is 5.41 Å². The van der Waals surface area contributed by atoms with E-state index >= 15 is 0 Å². The molecule has 0 aromatic heterocycles. The summed E-state index contributed by atoms with van der Waals surface area (Å²) >= 11 is 0. The third kappa shape index (κ3) is 1.98. The highest BCUT2D eigenvalue weighted by Crippen LogP contribution is 2.48. The lowest BCUT2D eigenvalue weighted by Gasteiger charge is -2.10. The zero-order chi connectivity index (χ0) is 8.44. The maximum atomic E-state index is 8.56. The maximum absolute atomic E-state index is 8.56. The Labute approximate surface area is 73.5 Å². The first-order valence-electron chi connectivity index (χ1n) is 4.79. The van der Waals surface area contributed by atoms with Crippen LogP contribution in [0.15, 0.2) is 0 Å². The zero-order valence-electron chi connectivity index (χ0n) is 7.38. The molecule has 0 amide bonds. The summed E-state index contributed by atoms with van der Waals surface area (Å²) in [6.07, 6.45) is 5.80. The van der Waals surface area contributed by atoms with Crippen LogP contribution >= 0.6 is 0 Å². The van der Waals surface area contributed by atoms with Crippen molar-refractivity contribution in [3.8, 4) is 6.07 Å². The van der Waals surface area contributed by atoms with Crippen molar-refractivity contribution in [2.24, 2.45) is 11.3 Å². The Morgan fingerprint density at radius 2 is 2.17 bits per heavy atom. The van der Waals surface area contributed by atoms with Gasteiger partial charge in [-0.2, -0.15) is 5.26 Å². The fourth-order valence-corrected chi connectivity index (χ4v) is 1.44. The summed E-state index contributed by atoms with van der Waals surface area (Å²) in [4.78, 5) is 0. The second-order valence-corrected chi connectivity index (χ2v) is 4.29. The van der Waals surface area contributed by atoms with Crippen LogP contribution < -0.4 is 0 Å². The first-order valence-corrected chi connectivity index (χ1v) is 4.79. The van der Waals surface area contributed by atoms with Crippen molar-refractivity contribution in [1.29, 1.82) is 5.26 Å². The summed E-state index contributed by atoms with van der Waals surface area (Å²) < 4.78 is 5.59. The van der Waals surface area contributed by atoms with E-state index in [4.69, 9.17) is 10.00 Å². The van der Waals surface area contributed by atoms with Crippen molar-refractivity contribution >= 4 is 0 Å². The molecule has 0 radical (unpaired) electrons. The average molecular weight is 165 g/mol. The molecule has 0 aliphatic heterocycles. The summed E-state index contributed by atoms with van der Waals surface area (Å²) in [7, 11) is 0. The molecular formula is C10H15NO. The number of hydrogen-bond donors (Lipinski definition) is 0. The van der Waals surface area contributed by atoms with Gasteiger partial charge < -0.3 is 4.74 Å². The first-order chi connectivity index (χ1) is 5.85. The van der Waals surface area contributed by atoms with Crippen LogP contribution in [-0.4, -0.2) is 13.2 Å². The van der Waals surface area contributed by atoms with Crippen molar-refractivity contribution < 1.29 is 4.74 Å². The number of rotatable bonds is 5. The van der Waals surface area contributed by atoms with Crippen LogP contribution in [0.5, 0.6) is 0 Å². The van der Waals surface area contributed by atoms with Crippen molar-refractivity contribution in [2.75, 3.05) is 13.2 Å². The monoisotopic (exact) mass is 165 g/mol. The summed E-state index contributed by atoms with van der Waals surface area (Å²) in [6, 6.07) is 2.24. The number of nitrogens with zero attached hydrogens (tertiary/aromatic N) is 1. The fourth-order valence-electron chi connectivity index (χ4n) is 1.44. The SMILES string of the molecule is N#CCC1(COCC2CC2)CC1. The molecule has 0 aromatic carbocycles. The van der Waals surface area contributed by atoms with Gasteiger partial charge in [0.05, 0.1) is 12.7 Å². The predicted octanol–water partition coefficient (Wildman–Crippen LogP) is 2.11.